The average Bonchev–Trinajstić information content (AvgIpc) is 3.14. The average molecular weight is 335 g/mol. The largest absolute Gasteiger partial charge is 0.441 e. The lowest BCUT2D eigenvalue weighted by molar-refractivity contribution is -0.194. The molecular weight excluding hydrogens is 314 g/mol. The monoisotopic (exact) mass is 335 g/mol. The van der Waals surface area contributed by atoms with Gasteiger partial charge >= 0.3 is 6.09 Å². The molecule has 0 unspecified atom stereocenters. The Morgan fingerprint density at radius 1 is 1.12 bits per heavy atom. The Morgan fingerprint density at radius 3 is 2.67 bits per heavy atom. The molecule has 7 nitrogen and oxygen atoms in total. The summed E-state index contributed by atoms with van der Waals surface area (Å²) in [4.78, 5) is 11.6. The van der Waals surface area contributed by atoms with Crippen LogP contribution in [0.1, 0.15) is 19.4 Å². The minimum absolute atomic E-state index is 0.0906. The van der Waals surface area contributed by atoms with Crippen molar-refractivity contribution in [2.24, 2.45) is 0 Å². The van der Waals surface area contributed by atoms with Crippen molar-refractivity contribution in [2.75, 3.05) is 6.79 Å². The molecule has 1 amide bonds. The number of fused-ring (bicyclic) bond motifs is 3. The van der Waals surface area contributed by atoms with Gasteiger partial charge in [-0.3, -0.25) is 0 Å². The standard InChI is InChI=1S/C17H21NO6/c1-17(2)23-13-11-12(22-16(19)18-11)14(15(13)24-17)21-9-20-8-10-6-4-3-5-7-10/h3-7,11-15H,8-9H2,1-2H3,(H,18,19)/t11-,12+,13-,14-,15-/m0/s1. The van der Waals surface area contributed by atoms with Crippen LogP contribution in [0.15, 0.2) is 30.3 Å². The van der Waals surface area contributed by atoms with Gasteiger partial charge < -0.3 is 29.0 Å². The van der Waals surface area contributed by atoms with Gasteiger partial charge in [0, 0.05) is 0 Å². The fourth-order valence-electron chi connectivity index (χ4n) is 3.58. The van der Waals surface area contributed by atoms with Gasteiger partial charge in [0.1, 0.15) is 31.1 Å². The lowest BCUT2D eigenvalue weighted by Gasteiger charge is -2.25. The van der Waals surface area contributed by atoms with Crippen LogP contribution in [-0.4, -0.2) is 49.1 Å². The fraction of sp³-hybridized carbons (Fsp3) is 0.588. The molecule has 2 saturated heterocycles. The first-order valence-corrected chi connectivity index (χ1v) is 8.09. The summed E-state index contributed by atoms with van der Waals surface area (Å²) in [7, 11) is 0. The normalized spacial score (nSPS) is 36.1. The number of nitrogens with one attached hydrogen (secondary N) is 1. The number of hydrogen-bond acceptors (Lipinski definition) is 6. The van der Waals surface area contributed by atoms with Crippen LogP contribution in [0.3, 0.4) is 0 Å². The van der Waals surface area contributed by atoms with Gasteiger partial charge in [-0.1, -0.05) is 30.3 Å². The zero-order chi connectivity index (χ0) is 16.7. The number of alkyl carbamates (subject to hydrolysis) is 1. The maximum Gasteiger partial charge on any atom is 0.408 e. The molecule has 0 aromatic heterocycles. The third kappa shape index (κ3) is 2.88. The number of amides is 1. The maximum absolute atomic E-state index is 11.6. The highest BCUT2D eigenvalue weighted by Crippen LogP contribution is 2.42. The molecule has 2 aliphatic heterocycles. The molecule has 1 saturated carbocycles. The number of benzene rings is 1. The van der Waals surface area contributed by atoms with Crippen LogP contribution in [0, 0.1) is 0 Å². The molecule has 3 fully saturated rings. The highest BCUT2D eigenvalue weighted by Gasteiger charge is 2.64. The third-order valence-corrected chi connectivity index (χ3v) is 4.50. The van der Waals surface area contributed by atoms with E-state index in [1.807, 2.05) is 44.2 Å². The highest BCUT2D eigenvalue weighted by atomic mass is 16.8. The summed E-state index contributed by atoms with van der Waals surface area (Å²) in [6, 6.07) is 9.59. The van der Waals surface area contributed by atoms with Crippen LogP contribution >= 0.6 is 0 Å². The minimum atomic E-state index is -0.708. The number of hydrogen-bond donors (Lipinski definition) is 1. The zero-order valence-corrected chi connectivity index (χ0v) is 13.6. The van der Waals surface area contributed by atoms with Crippen molar-refractivity contribution in [1.29, 1.82) is 0 Å². The molecule has 1 N–H and O–H groups in total. The van der Waals surface area contributed by atoms with Gasteiger partial charge in [-0.2, -0.15) is 0 Å². The number of carbonyl (C=O) groups excluding carboxylic acids is 1. The molecule has 0 spiro atoms. The van der Waals surface area contributed by atoms with Crippen molar-refractivity contribution < 1.29 is 28.5 Å². The summed E-state index contributed by atoms with van der Waals surface area (Å²) >= 11 is 0. The quantitative estimate of drug-likeness (QED) is 0.650. The predicted molar refractivity (Wildman–Crippen MR) is 82.0 cm³/mol. The van der Waals surface area contributed by atoms with Crippen molar-refractivity contribution in [3.05, 3.63) is 35.9 Å². The van der Waals surface area contributed by atoms with E-state index in [4.69, 9.17) is 23.7 Å². The van der Waals surface area contributed by atoms with E-state index >= 15 is 0 Å². The predicted octanol–water partition coefficient (Wildman–Crippen LogP) is 1.56. The molecule has 130 valence electrons. The molecule has 3 aliphatic rings. The van der Waals surface area contributed by atoms with E-state index in [2.05, 4.69) is 5.32 Å². The second kappa shape index (κ2) is 6.00. The SMILES string of the molecule is CC1(C)O[C@@H]2[C@@H](OCOCc3ccccc3)[C@@H]3OC(=O)N[C@@H]3[C@@H]2O1. The van der Waals surface area contributed by atoms with Crippen LogP contribution in [0.2, 0.25) is 0 Å². The summed E-state index contributed by atoms with van der Waals surface area (Å²) in [6.07, 6.45) is -1.87. The van der Waals surface area contributed by atoms with Gasteiger partial charge in [0.2, 0.25) is 0 Å². The Balaban J connectivity index is 1.37. The third-order valence-electron chi connectivity index (χ3n) is 4.50. The lowest BCUT2D eigenvalue weighted by atomic mass is 10.2. The summed E-state index contributed by atoms with van der Waals surface area (Å²) in [5, 5.41) is 2.78. The van der Waals surface area contributed by atoms with Crippen LogP contribution in [0.5, 0.6) is 0 Å². The Morgan fingerprint density at radius 2 is 1.88 bits per heavy atom. The van der Waals surface area contributed by atoms with Crippen molar-refractivity contribution in [2.45, 2.75) is 56.7 Å². The highest BCUT2D eigenvalue weighted by molar-refractivity contribution is 5.71. The Kier molecular flexibility index (Phi) is 3.96. The number of carbonyl (C=O) groups is 1. The van der Waals surface area contributed by atoms with Crippen LogP contribution in [0.4, 0.5) is 4.79 Å². The first-order chi connectivity index (χ1) is 11.5. The first kappa shape index (κ1) is 15.8. The van der Waals surface area contributed by atoms with Crippen LogP contribution in [-0.2, 0) is 30.3 Å². The van der Waals surface area contributed by atoms with E-state index in [1.54, 1.807) is 0 Å². The second-order valence-corrected chi connectivity index (χ2v) is 6.69. The summed E-state index contributed by atoms with van der Waals surface area (Å²) in [5.74, 6) is -0.708. The second-order valence-electron chi connectivity index (χ2n) is 6.69. The molecule has 4 rings (SSSR count). The minimum Gasteiger partial charge on any atom is -0.441 e. The summed E-state index contributed by atoms with van der Waals surface area (Å²) in [5.41, 5.74) is 1.07. The van der Waals surface area contributed by atoms with E-state index in [0.717, 1.165) is 5.56 Å². The van der Waals surface area contributed by atoms with Crippen LogP contribution < -0.4 is 5.32 Å². The fourth-order valence-corrected chi connectivity index (χ4v) is 3.58. The van der Waals surface area contributed by atoms with Gasteiger partial charge in [0.05, 0.1) is 6.61 Å². The molecule has 1 aromatic rings. The zero-order valence-electron chi connectivity index (χ0n) is 13.6. The molecule has 1 aromatic carbocycles. The molecule has 5 atom stereocenters. The smallest absolute Gasteiger partial charge is 0.408 e. The van der Waals surface area contributed by atoms with Crippen molar-refractivity contribution in [3.8, 4) is 0 Å². The summed E-state index contributed by atoms with van der Waals surface area (Å²) < 4.78 is 28.6. The van der Waals surface area contributed by atoms with Crippen molar-refractivity contribution in [3.63, 3.8) is 0 Å². The molecular formula is C17H21NO6. The number of rotatable bonds is 5. The number of ether oxygens (including phenoxy) is 5. The van der Waals surface area contributed by atoms with Gasteiger partial charge in [0.25, 0.3) is 0 Å². The first-order valence-electron chi connectivity index (χ1n) is 8.09. The van der Waals surface area contributed by atoms with Crippen molar-refractivity contribution in [1.82, 2.24) is 5.32 Å². The Hall–Kier alpha value is -1.67. The summed E-state index contributed by atoms with van der Waals surface area (Å²) in [6.45, 7) is 4.24. The van der Waals surface area contributed by atoms with E-state index in [9.17, 15) is 4.79 Å². The van der Waals surface area contributed by atoms with E-state index in [0.29, 0.717) is 6.61 Å². The molecule has 1 aliphatic carbocycles. The van der Waals surface area contributed by atoms with Crippen LogP contribution in [0.25, 0.3) is 0 Å². The molecule has 0 radical (unpaired) electrons. The Labute approximate surface area is 140 Å². The van der Waals surface area contributed by atoms with E-state index in [1.165, 1.54) is 0 Å². The topological polar surface area (TPSA) is 75.2 Å². The maximum atomic E-state index is 11.6. The van der Waals surface area contributed by atoms with Gasteiger partial charge in [-0.25, -0.2) is 4.79 Å². The lowest BCUT2D eigenvalue weighted by Crippen LogP contribution is -2.41. The molecule has 2 heterocycles. The van der Waals surface area contributed by atoms with Crippen molar-refractivity contribution >= 4 is 6.09 Å². The molecule has 0 bridgehead atoms. The van der Waals surface area contributed by atoms with E-state index in [-0.39, 0.29) is 25.0 Å². The van der Waals surface area contributed by atoms with E-state index < -0.39 is 24.1 Å². The molecule has 24 heavy (non-hydrogen) atoms. The molecule has 7 heteroatoms. The van der Waals surface area contributed by atoms with Gasteiger partial charge in [-0.15, -0.1) is 0 Å². The van der Waals surface area contributed by atoms with Gasteiger partial charge in [-0.05, 0) is 19.4 Å². The Bertz CT molecular complexity index is 606. The van der Waals surface area contributed by atoms with Gasteiger partial charge in [0.15, 0.2) is 11.9 Å².